The van der Waals surface area contributed by atoms with Crippen LogP contribution < -0.4 is 0 Å². The van der Waals surface area contributed by atoms with Gasteiger partial charge in [-0.05, 0) is 36.4 Å². The van der Waals surface area contributed by atoms with Gasteiger partial charge in [0.2, 0.25) is 0 Å². The summed E-state index contributed by atoms with van der Waals surface area (Å²) in [7, 11) is 1.83. The fourth-order valence-electron chi connectivity index (χ4n) is 3.77. The number of fused-ring (bicyclic) bond motifs is 3. The fraction of sp³-hybridized carbons (Fsp3) is 0.143. The van der Waals surface area contributed by atoms with Crippen LogP contribution in [0, 0.1) is 0 Å². The number of alkyl halides is 6. The summed E-state index contributed by atoms with van der Waals surface area (Å²) in [6, 6.07) is 12.2. The topological polar surface area (TPSA) is 62.3 Å². The number of aromatic nitrogens is 5. The van der Waals surface area contributed by atoms with Crippen molar-refractivity contribution in [3.63, 3.8) is 0 Å². The first-order valence-corrected chi connectivity index (χ1v) is 9.30. The van der Waals surface area contributed by atoms with E-state index in [1.807, 2.05) is 21.8 Å². The van der Waals surface area contributed by atoms with Crippen molar-refractivity contribution in [1.29, 1.82) is 0 Å². The molecule has 0 fully saturated rings. The van der Waals surface area contributed by atoms with Gasteiger partial charge in [-0.25, -0.2) is 0 Å². The van der Waals surface area contributed by atoms with E-state index in [4.69, 9.17) is 0 Å². The quantitative estimate of drug-likeness (QED) is 0.318. The lowest BCUT2D eigenvalue weighted by Crippen LogP contribution is -2.04. The van der Waals surface area contributed by atoms with Crippen molar-refractivity contribution in [2.75, 3.05) is 0 Å². The zero-order valence-corrected chi connectivity index (χ0v) is 16.2. The van der Waals surface area contributed by atoms with Crippen LogP contribution in [-0.4, -0.2) is 25.0 Å². The van der Waals surface area contributed by atoms with Gasteiger partial charge in [-0.2, -0.15) is 36.5 Å². The first-order chi connectivity index (χ1) is 15.0. The van der Waals surface area contributed by atoms with E-state index in [-0.39, 0.29) is 11.4 Å². The van der Waals surface area contributed by atoms with E-state index in [0.717, 1.165) is 33.9 Å². The second-order valence-corrected chi connectivity index (χ2v) is 7.35. The summed E-state index contributed by atoms with van der Waals surface area (Å²) in [6.45, 7) is 0. The van der Waals surface area contributed by atoms with Crippen LogP contribution in [0.1, 0.15) is 11.4 Å². The van der Waals surface area contributed by atoms with Crippen LogP contribution in [0.5, 0.6) is 0 Å². The number of aryl methyl sites for hydroxylation is 1. The van der Waals surface area contributed by atoms with Crippen LogP contribution in [0.3, 0.4) is 0 Å². The van der Waals surface area contributed by atoms with Gasteiger partial charge in [-0.15, -0.1) is 0 Å². The highest BCUT2D eigenvalue weighted by Gasteiger charge is 2.34. The number of benzene rings is 2. The lowest BCUT2D eigenvalue weighted by molar-refractivity contribution is -0.142. The molecule has 0 atom stereocenters. The molecule has 5 nitrogen and oxygen atoms in total. The van der Waals surface area contributed by atoms with Crippen molar-refractivity contribution >= 4 is 21.8 Å². The Kier molecular flexibility index (Phi) is 4.17. The number of nitrogens with one attached hydrogen (secondary N) is 2. The molecule has 5 rings (SSSR count). The van der Waals surface area contributed by atoms with Crippen LogP contribution in [0.15, 0.2) is 48.5 Å². The molecule has 2 N–H and O–H groups in total. The molecule has 3 heterocycles. The highest BCUT2D eigenvalue weighted by molar-refractivity contribution is 6.10. The molecule has 0 radical (unpaired) electrons. The first kappa shape index (κ1) is 20.2. The molecule has 5 aromatic rings. The molecule has 0 aliphatic heterocycles. The molecule has 0 saturated heterocycles. The standard InChI is InChI=1S/C21H13F6N5/c1-32-16-4-2-10(14-8-18(30-28-14)20(22,23)24)6-12(16)13-7-11(3-5-17(13)32)15-9-19(31-29-15)21(25,26)27/h2-9H,1H3,(H,28,30)(H,29,31). The van der Waals surface area contributed by atoms with Gasteiger partial charge in [0.15, 0.2) is 0 Å². The van der Waals surface area contributed by atoms with E-state index in [9.17, 15) is 26.3 Å². The fourth-order valence-corrected chi connectivity index (χ4v) is 3.77. The molecule has 11 heteroatoms. The minimum Gasteiger partial charge on any atom is -0.344 e. The molecular formula is C21H13F6N5. The zero-order chi connectivity index (χ0) is 22.8. The van der Waals surface area contributed by atoms with E-state index in [1.165, 1.54) is 0 Å². The zero-order valence-electron chi connectivity index (χ0n) is 16.2. The van der Waals surface area contributed by atoms with E-state index in [0.29, 0.717) is 11.1 Å². The number of aromatic amines is 2. The Morgan fingerprint density at radius 1 is 0.656 bits per heavy atom. The van der Waals surface area contributed by atoms with E-state index < -0.39 is 23.7 Å². The van der Waals surface area contributed by atoms with Gasteiger partial charge in [-0.3, -0.25) is 10.2 Å². The second kappa shape index (κ2) is 6.62. The van der Waals surface area contributed by atoms with Crippen molar-refractivity contribution in [3.8, 4) is 22.5 Å². The number of hydrogen-bond donors (Lipinski definition) is 2. The SMILES string of the molecule is Cn1c2ccc(-c3cc(C(F)(F)F)[nH]n3)cc2c2cc(-c3cc(C(F)(F)F)[nH]n3)ccc21. The maximum Gasteiger partial charge on any atom is 0.432 e. The largest absolute Gasteiger partial charge is 0.432 e. The maximum absolute atomic E-state index is 12.9. The van der Waals surface area contributed by atoms with Gasteiger partial charge in [0.1, 0.15) is 11.4 Å². The Balaban J connectivity index is 1.65. The number of hydrogen-bond acceptors (Lipinski definition) is 2. The van der Waals surface area contributed by atoms with Crippen LogP contribution in [-0.2, 0) is 19.4 Å². The molecule has 164 valence electrons. The Labute approximate surface area is 175 Å². The van der Waals surface area contributed by atoms with Gasteiger partial charge in [0.25, 0.3) is 0 Å². The Morgan fingerprint density at radius 2 is 1.06 bits per heavy atom. The molecular weight excluding hydrogens is 436 g/mol. The predicted molar refractivity (Wildman–Crippen MR) is 106 cm³/mol. The number of halogens is 6. The molecule has 0 spiro atoms. The summed E-state index contributed by atoms with van der Waals surface area (Å²) in [5.74, 6) is 0. The summed E-state index contributed by atoms with van der Waals surface area (Å²) in [5, 5.41) is 13.0. The molecule has 0 aliphatic rings. The maximum atomic E-state index is 12.9. The van der Waals surface area contributed by atoms with Crippen LogP contribution >= 0.6 is 0 Å². The smallest absolute Gasteiger partial charge is 0.344 e. The number of nitrogens with zero attached hydrogens (tertiary/aromatic N) is 3. The van der Waals surface area contributed by atoms with Gasteiger partial charge in [0.05, 0.1) is 11.4 Å². The lowest BCUT2D eigenvalue weighted by atomic mass is 10.0. The summed E-state index contributed by atoms with van der Waals surface area (Å²) in [4.78, 5) is 0. The summed E-state index contributed by atoms with van der Waals surface area (Å²) in [6.07, 6.45) is -9.08. The normalized spacial score (nSPS) is 12.8. The van der Waals surface area contributed by atoms with Gasteiger partial charge in [0, 0.05) is 40.0 Å². The van der Waals surface area contributed by atoms with E-state index >= 15 is 0 Å². The highest BCUT2D eigenvalue weighted by atomic mass is 19.4. The lowest BCUT2D eigenvalue weighted by Gasteiger charge is -2.01. The Hall–Kier alpha value is -3.76. The molecule has 2 aromatic carbocycles. The van der Waals surface area contributed by atoms with Crippen LogP contribution in [0.2, 0.25) is 0 Å². The minimum atomic E-state index is -4.54. The monoisotopic (exact) mass is 449 g/mol. The third-order valence-electron chi connectivity index (χ3n) is 5.36. The van der Waals surface area contributed by atoms with Crippen LogP contribution in [0.4, 0.5) is 26.3 Å². The van der Waals surface area contributed by atoms with Crippen molar-refractivity contribution in [3.05, 3.63) is 59.9 Å². The van der Waals surface area contributed by atoms with E-state index in [2.05, 4.69) is 10.2 Å². The summed E-state index contributed by atoms with van der Waals surface area (Å²) >= 11 is 0. The molecule has 0 amide bonds. The predicted octanol–water partition coefficient (Wildman–Crippen LogP) is 6.15. The number of rotatable bonds is 2. The molecule has 0 aliphatic carbocycles. The van der Waals surface area contributed by atoms with Crippen molar-refractivity contribution in [2.45, 2.75) is 12.4 Å². The Bertz CT molecular complexity index is 1360. The van der Waals surface area contributed by atoms with Crippen LogP contribution in [0.25, 0.3) is 44.3 Å². The van der Waals surface area contributed by atoms with Crippen molar-refractivity contribution < 1.29 is 26.3 Å². The molecule has 32 heavy (non-hydrogen) atoms. The molecule has 0 bridgehead atoms. The third-order valence-corrected chi connectivity index (χ3v) is 5.36. The minimum absolute atomic E-state index is 0.134. The molecule has 3 aromatic heterocycles. The summed E-state index contributed by atoms with van der Waals surface area (Å²) < 4.78 is 79.4. The number of H-pyrrole nitrogens is 2. The second-order valence-electron chi connectivity index (χ2n) is 7.35. The van der Waals surface area contributed by atoms with E-state index in [1.54, 1.807) is 36.4 Å². The van der Waals surface area contributed by atoms with Gasteiger partial charge >= 0.3 is 12.4 Å². The summed E-state index contributed by atoms with van der Waals surface area (Å²) in [5.41, 5.74) is 0.932. The average Bonchev–Trinajstić information content (AvgIpc) is 3.46. The molecule has 0 saturated carbocycles. The van der Waals surface area contributed by atoms with Gasteiger partial charge in [-0.1, -0.05) is 12.1 Å². The molecule has 0 unspecified atom stereocenters. The third kappa shape index (κ3) is 3.20. The van der Waals surface area contributed by atoms with Crippen molar-refractivity contribution in [1.82, 2.24) is 25.0 Å². The highest BCUT2D eigenvalue weighted by Crippen LogP contribution is 2.36. The van der Waals surface area contributed by atoms with Gasteiger partial charge < -0.3 is 4.57 Å². The Morgan fingerprint density at radius 3 is 1.41 bits per heavy atom. The average molecular weight is 449 g/mol. The first-order valence-electron chi connectivity index (χ1n) is 9.30. The van der Waals surface area contributed by atoms with Crippen molar-refractivity contribution in [2.24, 2.45) is 7.05 Å².